The minimum absolute atomic E-state index is 0.00410. The molecule has 4 aliphatic rings. The van der Waals surface area contributed by atoms with Crippen LogP contribution in [0, 0.1) is 23.7 Å². The summed E-state index contributed by atoms with van der Waals surface area (Å²) in [6.45, 7) is 9.60. The highest BCUT2D eigenvalue weighted by Gasteiger charge is 2.64. The average Bonchev–Trinajstić information content (AvgIpc) is 3.19. The number of carbonyl (C=O) groups excluding carboxylic acids is 1. The van der Waals surface area contributed by atoms with Crippen LogP contribution in [0.1, 0.15) is 65.4 Å². The molecule has 1 aliphatic carbocycles. The third-order valence-corrected chi connectivity index (χ3v) is 8.49. The molecular weight excluding hydrogens is 376 g/mol. The molecule has 1 saturated carbocycles. The molecule has 3 aliphatic heterocycles. The maximum atomic E-state index is 13.2. The molecule has 0 unspecified atom stereocenters. The van der Waals surface area contributed by atoms with E-state index in [1.54, 1.807) is 0 Å². The summed E-state index contributed by atoms with van der Waals surface area (Å²) in [7, 11) is 0. The first kappa shape index (κ1) is 20.7. The highest BCUT2D eigenvalue weighted by Crippen LogP contribution is 2.56. The number of ether oxygens (including phenoxy) is 3. The first-order valence-electron chi connectivity index (χ1n) is 11.8. The van der Waals surface area contributed by atoms with Gasteiger partial charge in [-0.2, -0.15) is 0 Å². The number of hydrogen-bond acceptors (Lipinski definition) is 4. The molecule has 4 nitrogen and oxygen atoms in total. The number of epoxide rings is 1. The van der Waals surface area contributed by atoms with Gasteiger partial charge in [-0.3, -0.25) is 4.79 Å². The largest absolute Gasteiger partial charge is 0.371 e. The number of Topliss-reactive ketones (excluding diaryl/α,β-unsaturated/α-hetero) is 1. The zero-order chi connectivity index (χ0) is 21.1. The summed E-state index contributed by atoms with van der Waals surface area (Å²) in [5.41, 5.74) is 0.618. The van der Waals surface area contributed by atoms with Crippen molar-refractivity contribution < 1.29 is 19.0 Å². The third kappa shape index (κ3) is 3.45. The smallest absolute Gasteiger partial charge is 0.138 e. The van der Waals surface area contributed by atoms with Crippen molar-refractivity contribution in [1.82, 2.24) is 0 Å². The number of benzene rings is 1. The molecule has 164 valence electrons. The van der Waals surface area contributed by atoms with Crippen molar-refractivity contribution >= 4 is 5.78 Å². The van der Waals surface area contributed by atoms with Gasteiger partial charge in [0.05, 0.1) is 36.1 Å². The van der Waals surface area contributed by atoms with Gasteiger partial charge in [-0.05, 0) is 50.5 Å². The summed E-state index contributed by atoms with van der Waals surface area (Å²) in [5, 5.41) is 0. The van der Waals surface area contributed by atoms with Crippen LogP contribution in [0.25, 0.3) is 0 Å². The second-order valence-electron chi connectivity index (χ2n) is 10.9. The maximum Gasteiger partial charge on any atom is 0.138 e. The predicted octanol–water partition coefficient (Wildman–Crippen LogP) is 4.94. The van der Waals surface area contributed by atoms with Crippen molar-refractivity contribution in [3.8, 4) is 0 Å². The lowest BCUT2D eigenvalue weighted by Gasteiger charge is -2.44. The van der Waals surface area contributed by atoms with Crippen LogP contribution in [-0.2, 0) is 25.6 Å². The number of hydrogen-bond donors (Lipinski definition) is 0. The van der Waals surface area contributed by atoms with E-state index >= 15 is 0 Å². The lowest BCUT2D eigenvalue weighted by atomic mass is 9.62. The Morgan fingerprint density at radius 2 is 1.93 bits per heavy atom. The van der Waals surface area contributed by atoms with E-state index in [-0.39, 0.29) is 35.7 Å². The van der Waals surface area contributed by atoms with Crippen molar-refractivity contribution in [3.63, 3.8) is 0 Å². The van der Waals surface area contributed by atoms with Gasteiger partial charge in [-0.25, -0.2) is 0 Å². The molecule has 0 spiro atoms. The molecule has 1 aromatic rings. The minimum atomic E-state index is -0.421. The van der Waals surface area contributed by atoms with Crippen LogP contribution in [0.4, 0.5) is 0 Å². The molecule has 0 radical (unpaired) electrons. The van der Waals surface area contributed by atoms with Gasteiger partial charge in [0.1, 0.15) is 5.78 Å². The fourth-order valence-corrected chi connectivity index (χ4v) is 6.66. The number of fused-ring (bicyclic) bond motifs is 6. The Kier molecular flexibility index (Phi) is 5.11. The first-order valence-corrected chi connectivity index (χ1v) is 11.8. The topological polar surface area (TPSA) is 48.1 Å². The second kappa shape index (κ2) is 7.43. The summed E-state index contributed by atoms with van der Waals surface area (Å²) >= 11 is 0. The SMILES string of the molecule is CC(C)[C@H]1CCC(=O)[C@H]2[C@@H]1[C@H]1O[C@@H]2C[C@@]2(C)O[C@H]2CC[C@@]1(C)OCc1ccccc1. The van der Waals surface area contributed by atoms with Crippen LogP contribution in [0.2, 0.25) is 0 Å². The Bertz CT molecular complexity index is 791. The van der Waals surface area contributed by atoms with Crippen LogP contribution in [0.5, 0.6) is 0 Å². The molecule has 4 heteroatoms. The summed E-state index contributed by atoms with van der Waals surface area (Å²) < 4.78 is 19.6. The van der Waals surface area contributed by atoms with E-state index in [2.05, 4.69) is 52.0 Å². The quantitative estimate of drug-likeness (QED) is 0.658. The van der Waals surface area contributed by atoms with Crippen molar-refractivity contribution in [2.75, 3.05) is 0 Å². The summed E-state index contributed by atoms with van der Waals surface area (Å²) in [4.78, 5) is 13.2. The maximum absolute atomic E-state index is 13.2. The van der Waals surface area contributed by atoms with Gasteiger partial charge in [-0.1, -0.05) is 44.2 Å². The molecule has 0 aromatic heterocycles. The van der Waals surface area contributed by atoms with Crippen LogP contribution in [0.15, 0.2) is 30.3 Å². The first-order chi connectivity index (χ1) is 14.3. The normalized spacial score (nSPS) is 45.3. The molecule has 2 bridgehead atoms. The van der Waals surface area contributed by atoms with Gasteiger partial charge in [0.25, 0.3) is 0 Å². The third-order valence-electron chi connectivity index (χ3n) is 8.49. The standard InChI is InChI=1S/C26H36O4/c1-16(2)18-10-11-19(27)23-20-14-26(4)21(30-26)12-13-25(3,24(29-20)22(18)23)28-15-17-8-6-5-7-9-17/h5-9,16,18,20-24H,10-15H2,1-4H3/t18-,20-,21+,22-,23-,24-,25-,26-/m1/s1. The molecule has 3 heterocycles. The van der Waals surface area contributed by atoms with Gasteiger partial charge < -0.3 is 14.2 Å². The summed E-state index contributed by atoms with van der Waals surface area (Å²) in [6.07, 6.45) is 4.59. The summed E-state index contributed by atoms with van der Waals surface area (Å²) in [6, 6.07) is 10.4. The summed E-state index contributed by atoms with van der Waals surface area (Å²) in [5.74, 6) is 1.69. The molecule has 3 saturated heterocycles. The minimum Gasteiger partial charge on any atom is -0.371 e. The molecule has 8 atom stereocenters. The Hall–Kier alpha value is -1.23. The van der Waals surface area contributed by atoms with Crippen molar-refractivity contribution in [2.24, 2.45) is 23.7 Å². The number of rotatable bonds is 4. The predicted molar refractivity (Wildman–Crippen MR) is 115 cm³/mol. The fraction of sp³-hybridized carbons (Fsp3) is 0.731. The lowest BCUT2D eigenvalue weighted by molar-refractivity contribution is -0.160. The Labute approximate surface area is 180 Å². The van der Waals surface area contributed by atoms with Crippen LogP contribution < -0.4 is 0 Å². The van der Waals surface area contributed by atoms with E-state index in [0.29, 0.717) is 30.6 Å². The van der Waals surface area contributed by atoms with Gasteiger partial charge >= 0.3 is 0 Å². The number of ketones is 1. The Morgan fingerprint density at radius 1 is 1.17 bits per heavy atom. The van der Waals surface area contributed by atoms with E-state index < -0.39 is 5.60 Å². The van der Waals surface area contributed by atoms with Crippen LogP contribution >= 0.6 is 0 Å². The molecule has 1 aromatic carbocycles. The Balaban J connectivity index is 1.49. The lowest BCUT2D eigenvalue weighted by Crippen LogP contribution is -2.51. The fourth-order valence-electron chi connectivity index (χ4n) is 6.66. The Morgan fingerprint density at radius 3 is 2.67 bits per heavy atom. The van der Waals surface area contributed by atoms with E-state index in [9.17, 15) is 4.79 Å². The van der Waals surface area contributed by atoms with E-state index in [1.165, 1.54) is 5.56 Å². The zero-order valence-electron chi connectivity index (χ0n) is 18.8. The van der Waals surface area contributed by atoms with Crippen LogP contribution in [0.3, 0.4) is 0 Å². The highest BCUT2D eigenvalue weighted by molar-refractivity contribution is 5.83. The monoisotopic (exact) mass is 412 g/mol. The molecular formula is C26H36O4. The van der Waals surface area contributed by atoms with Crippen molar-refractivity contribution in [3.05, 3.63) is 35.9 Å². The average molecular weight is 413 g/mol. The van der Waals surface area contributed by atoms with Gasteiger partial charge in [0, 0.05) is 24.7 Å². The van der Waals surface area contributed by atoms with Gasteiger partial charge in [0.2, 0.25) is 0 Å². The molecule has 0 amide bonds. The number of carbonyl (C=O) groups is 1. The van der Waals surface area contributed by atoms with Crippen LogP contribution in [-0.4, -0.2) is 35.3 Å². The van der Waals surface area contributed by atoms with Gasteiger partial charge in [-0.15, -0.1) is 0 Å². The van der Waals surface area contributed by atoms with E-state index in [0.717, 1.165) is 25.7 Å². The van der Waals surface area contributed by atoms with Crippen molar-refractivity contribution in [2.45, 2.75) is 95.9 Å². The molecule has 0 N–H and O–H groups in total. The highest BCUT2D eigenvalue weighted by atomic mass is 16.6. The van der Waals surface area contributed by atoms with E-state index in [1.807, 2.05) is 6.07 Å². The second-order valence-corrected chi connectivity index (χ2v) is 10.9. The molecule has 5 rings (SSSR count). The van der Waals surface area contributed by atoms with E-state index in [4.69, 9.17) is 14.2 Å². The molecule has 4 fully saturated rings. The molecule has 30 heavy (non-hydrogen) atoms. The zero-order valence-corrected chi connectivity index (χ0v) is 18.8. The van der Waals surface area contributed by atoms with Crippen molar-refractivity contribution in [1.29, 1.82) is 0 Å². The van der Waals surface area contributed by atoms with Gasteiger partial charge in [0.15, 0.2) is 0 Å².